The summed E-state index contributed by atoms with van der Waals surface area (Å²) in [5.41, 5.74) is 1.32. The van der Waals surface area contributed by atoms with Crippen LogP contribution in [0.2, 0.25) is 0 Å². The average molecular weight is 325 g/mol. The van der Waals surface area contributed by atoms with Crippen LogP contribution in [0.25, 0.3) is 11.0 Å². The van der Waals surface area contributed by atoms with Crippen LogP contribution in [-0.2, 0) is 6.61 Å². The Morgan fingerprint density at radius 3 is 2.62 bits per heavy atom. The molecule has 1 heterocycles. The summed E-state index contributed by atoms with van der Waals surface area (Å²) >= 11 is 0. The van der Waals surface area contributed by atoms with Crippen molar-refractivity contribution in [1.82, 2.24) is 5.32 Å². The van der Waals surface area contributed by atoms with Crippen LogP contribution in [0, 0.1) is 0 Å². The van der Waals surface area contributed by atoms with Gasteiger partial charge in [0.25, 0.3) is 5.91 Å². The van der Waals surface area contributed by atoms with E-state index >= 15 is 0 Å². The van der Waals surface area contributed by atoms with Gasteiger partial charge in [0.2, 0.25) is 0 Å². The fourth-order valence-corrected chi connectivity index (χ4v) is 2.43. The molecule has 1 aromatic heterocycles. The molecule has 3 rings (SSSR count). The summed E-state index contributed by atoms with van der Waals surface area (Å²) in [5.74, 6) is 0.574. The summed E-state index contributed by atoms with van der Waals surface area (Å²) in [6.45, 7) is 1.81. The molecule has 0 saturated heterocycles. The van der Waals surface area contributed by atoms with Gasteiger partial charge in [-0.1, -0.05) is 36.4 Å². The SMILES string of the molecule is CC(CO)NC(=O)c1oc2ccccc2c1COc1ccccc1. The van der Waals surface area contributed by atoms with E-state index in [9.17, 15) is 4.79 Å². The lowest BCUT2D eigenvalue weighted by molar-refractivity contribution is 0.0893. The van der Waals surface area contributed by atoms with Gasteiger partial charge in [-0.15, -0.1) is 0 Å². The standard InChI is InChI=1S/C19H19NO4/c1-13(11-21)20-19(22)18-16(12-23-14-7-3-2-4-8-14)15-9-5-6-10-17(15)24-18/h2-10,13,21H,11-12H2,1H3,(H,20,22). The minimum Gasteiger partial charge on any atom is -0.489 e. The first-order chi connectivity index (χ1) is 11.7. The summed E-state index contributed by atoms with van der Waals surface area (Å²) in [6, 6.07) is 16.5. The average Bonchev–Trinajstić information content (AvgIpc) is 2.99. The zero-order valence-corrected chi connectivity index (χ0v) is 13.4. The van der Waals surface area contributed by atoms with Gasteiger partial charge in [-0.3, -0.25) is 4.79 Å². The molecule has 3 aromatic rings. The number of ether oxygens (including phenoxy) is 1. The maximum atomic E-state index is 12.4. The van der Waals surface area contributed by atoms with Gasteiger partial charge in [0.1, 0.15) is 17.9 Å². The molecule has 0 radical (unpaired) electrons. The van der Waals surface area contributed by atoms with E-state index in [-0.39, 0.29) is 30.9 Å². The van der Waals surface area contributed by atoms with Crippen LogP contribution in [-0.4, -0.2) is 23.7 Å². The number of carbonyl (C=O) groups is 1. The van der Waals surface area contributed by atoms with Crippen molar-refractivity contribution in [2.24, 2.45) is 0 Å². The lowest BCUT2D eigenvalue weighted by Gasteiger charge is -2.11. The van der Waals surface area contributed by atoms with Crippen LogP contribution in [0.5, 0.6) is 5.75 Å². The van der Waals surface area contributed by atoms with Gasteiger partial charge >= 0.3 is 0 Å². The number of aliphatic hydroxyl groups is 1. The zero-order chi connectivity index (χ0) is 16.9. The molecule has 0 aliphatic rings. The first-order valence-electron chi connectivity index (χ1n) is 7.79. The Balaban J connectivity index is 1.91. The number of amides is 1. The van der Waals surface area contributed by atoms with E-state index in [1.54, 1.807) is 6.92 Å². The highest BCUT2D eigenvalue weighted by Gasteiger charge is 2.22. The Kier molecular flexibility index (Phi) is 4.82. The van der Waals surface area contributed by atoms with E-state index in [0.29, 0.717) is 11.1 Å². The van der Waals surface area contributed by atoms with Gasteiger partial charge in [0, 0.05) is 17.0 Å². The molecule has 5 nitrogen and oxygen atoms in total. The van der Waals surface area contributed by atoms with Crippen LogP contribution < -0.4 is 10.1 Å². The van der Waals surface area contributed by atoms with E-state index < -0.39 is 0 Å². The molecule has 24 heavy (non-hydrogen) atoms. The molecule has 2 N–H and O–H groups in total. The number of para-hydroxylation sites is 2. The van der Waals surface area contributed by atoms with Gasteiger partial charge < -0.3 is 19.6 Å². The number of hydrogen-bond acceptors (Lipinski definition) is 4. The topological polar surface area (TPSA) is 71.7 Å². The van der Waals surface area contributed by atoms with Gasteiger partial charge in [0.15, 0.2) is 5.76 Å². The van der Waals surface area contributed by atoms with E-state index in [0.717, 1.165) is 11.1 Å². The van der Waals surface area contributed by atoms with E-state index in [4.69, 9.17) is 14.3 Å². The van der Waals surface area contributed by atoms with E-state index in [2.05, 4.69) is 5.32 Å². The van der Waals surface area contributed by atoms with Gasteiger partial charge in [-0.25, -0.2) is 0 Å². The normalized spacial score (nSPS) is 12.1. The van der Waals surface area contributed by atoms with E-state index in [1.165, 1.54) is 0 Å². The third-order valence-corrected chi connectivity index (χ3v) is 3.68. The molecule has 0 fully saturated rings. The van der Waals surface area contributed by atoms with Crippen LogP contribution in [0.1, 0.15) is 23.0 Å². The lowest BCUT2D eigenvalue weighted by atomic mass is 10.1. The van der Waals surface area contributed by atoms with Gasteiger partial charge in [-0.2, -0.15) is 0 Å². The summed E-state index contributed by atoms with van der Waals surface area (Å²) in [4.78, 5) is 12.4. The molecule has 1 atom stereocenters. The molecule has 2 aromatic carbocycles. The van der Waals surface area contributed by atoms with Crippen molar-refractivity contribution in [2.75, 3.05) is 6.61 Å². The summed E-state index contributed by atoms with van der Waals surface area (Å²) < 4.78 is 11.5. The van der Waals surface area contributed by atoms with E-state index in [1.807, 2.05) is 54.6 Å². The fourth-order valence-electron chi connectivity index (χ4n) is 2.43. The van der Waals surface area contributed by atoms with Crippen molar-refractivity contribution >= 4 is 16.9 Å². The third kappa shape index (κ3) is 3.41. The molecule has 1 amide bonds. The Morgan fingerprint density at radius 1 is 1.17 bits per heavy atom. The largest absolute Gasteiger partial charge is 0.489 e. The quantitative estimate of drug-likeness (QED) is 0.730. The van der Waals surface area contributed by atoms with Crippen LogP contribution in [0.3, 0.4) is 0 Å². The Morgan fingerprint density at radius 2 is 1.88 bits per heavy atom. The lowest BCUT2D eigenvalue weighted by Crippen LogP contribution is -2.35. The molecule has 0 aliphatic carbocycles. The molecule has 0 aliphatic heterocycles. The third-order valence-electron chi connectivity index (χ3n) is 3.68. The summed E-state index contributed by atoms with van der Waals surface area (Å²) in [5, 5.41) is 12.7. The van der Waals surface area contributed by atoms with Gasteiger partial charge in [0.05, 0.1) is 6.61 Å². The number of benzene rings is 2. The maximum absolute atomic E-state index is 12.4. The molecule has 0 spiro atoms. The molecule has 0 bridgehead atoms. The number of fused-ring (bicyclic) bond motifs is 1. The van der Waals surface area contributed by atoms with Crippen molar-refractivity contribution in [1.29, 1.82) is 0 Å². The smallest absolute Gasteiger partial charge is 0.287 e. The second-order valence-electron chi connectivity index (χ2n) is 5.56. The number of nitrogens with one attached hydrogen (secondary N) is 1. The minimum atomic E-state index is -0.362. The van der Waals surface area contributed by atoms with Crippen LogP contribution in [0.15, 0.2) is 59.0 Å². The fraction of sp³-hybridized carbons (Fsp3) is 0.211. The van der Waals surface area contributed by atoms with Crippen molar-refractivity contribution < 1.29 is 19.1 Å². The number of rotatable bonds is 6. The van der Waals surface area contributed by atoms with Crippen LogP contribution >= 0.6 is 0 Å². The predicted octanol–water partition coefficient (Wildman–Crippen LogP) is 3.12. The molecule has 0 saturated carbocycles. The first-order valence-corrected chi connectivity index (χ1v) is 7.79. The van der Waals surface area contributed by atoms with Gasteiger partial charge in [-0.05, 0) is 25.1 Å². The first kappa shape index (κ1) is 16.1. The monoisotopic (exact) mass is 325 g/mol. The molecule has 124 valence electrons. The molecular formula is C19H19NO4. The Labute approximate surface area is 139 Å². The minimum absolute atomic E-state index is 0.137. The molecule has 1 unspecified atom stereocenters. The summed E-state index contributed by atoms with van der Waals surface area (Å²) in [7, 11) is 0. The number of aliphatic hydroxyl groups excluding tert-OH is 1. The Bertz CT molecular complexity index is 826. The molecule has 5 heteroatoms. The zero-order valence-electron chi connectivity index (χ0n) is 13.4. The summed E-state index contributed by atoms with van der Waals surface area (Å²) in [6.07, 6.45) is 0. The number of hydrogen-bond donors (Lipinski definition) is 2. The molecular weight excluding hydrogens is 306 g/mol. The van der Waals surface area contributed by atoms with Crippen molar-refractivity contribution in [2.45, 2.75) is 19.6 Å². The van der Waals surface area contributed by atoms with Crippen molar-refractivity contribution in [3.8, 4) is 5.75 Å². The van der Waals surface area contributed by atoms with Crippen molar-refractivity contribution in [3.63, 3.8) is 0 Å². The maximum Gasteiger partial charge on any atom is 0.287 e. The van der Waals surface area contributed by atoms with Crippen LogP contribution in [0.4, 0.5) is 0 Å². The predicted molar refractivity (Wildman–Crippen MR) is 91.0 cm³/mol. The highest BCUT2D eigenvalue weighted by molar-refractivity contribution is 5.99. The number of furan rings is 1. The highest BCUT2D eigenvalue weighted by Crippen LogP contribution is 2.27. The Hall–Kier alpha value is -2.79. The second-order valence-corrected chi connectivity index (χ2v) is 5.56. The number of carbonyl (C=O) groups excluding carboxylic acids is 1. The second kappa shape index (κ2) is 7.19. The highest BCUT2D eigenvalue weighted by atomic mass is 16.5. The van der Waals surface area contributed by atoms with Crippen molar-refractivity contribution in [3.05, 3.63) is 65.9 Å².